The third-order valence-electron chi connectivity index (χ3n) is 2.48. The minimum Gasteiger partial charge on any atom is -0.312 e. The molecule has 0 spiro atoms. The Bertz CT molecular complexity index is 397. The van der Waals surface area contributed by atoms with Gasteiger partial charge in [-0.25, -0.2) is 0 Å². The first-order valence-corrected chi connectivity index (χ1v) is 6.97. The van der Waals surface area contributed by atoms with Gasteiger partial charge in [-0.05, 0) is 24.6 Å². The first-order chi connectivity index (χ1) is 7.37. The number of rotatable bonds is 4. The molecule has 16 heavy (non-hydrogen) atoms. The highest BCUT2D eigenvalue weighted by Gasteiger charge is 2.44. The second-order valence-electron chi connectivity index (χ2n) is 3.52. The number of hydrogen-bond donors (Lipinski definition) is 1. The molecule has 0 saturated carbocycles. The maximum Gasteiger partial charge on any atom is 0.354 e. The molecular formula is C10H15BrNO3P. The molecule has 0 aliphatic rings. The second kappa shape index (κ2) is 4.98. The molecule has 1 aromatic carbocycles. The monoisotopic (exact) mass is 307 g/mol. The van der Waals surface area contributed by atoms with Crippen LogP contribution in [0.4, 0.5) is 0 Å². The summed E-state index contributed by atoms with van der Waals surface area (Å²) in [5.41, 5.74) is 6.76. The van der Waals surface area contributed by atoms with Gasteiger partial charge in [-0.15, -0.1) is 0 Å². The molecule has 0 aliphatic heterocycles. The van der Waals surface area contributed by atoms with E-state index >= 15 is 0 Å². The lowest BCUT2D eigenvalue weighted by Crippen LogP contribution is -2.34. The Balaban J connectivity index is 3.19. The summed E-state index contributed by atoms with van der Waals surface area (Å²) in [6, 6.07) is 7.23. The summed E-state index contributed by atoms with van der Waals surface area (Å²) in [4.78, 5) is 0. The van der Waals surface area contributed by atoms with Crippen LogP contribution in [-0.4, -0.2) is 14.2 Å². The van der Waals surface area contributed by atoms with Crippen LogP contribution < -0.4 is 5.73 Å². The quantitative estimate of drug-likeness (QED) is 0.868. The topological polar surface area (TPSA) is 61.5 Å². The van der Waals surface area contributed by atoms with E-state index in [1.807, 2.05) is 12.1 Å². The Labute approximate surface area is 104 Å². The van der Waals surface area contributed by atoms with Gasteiger partial charge < -0.3 is 14.8 Å². The van der Waals surface area contributed by atoms with Crippen molar-refractivity contribution in [3.8, 4) is 0 Å². The van der Waals surface area contributed by atoms with E-state index in [-0.39, 0.29) is 0 Å². The number of halogens is 1. The van der Waals surface area contributed by atoms with E-state index in [1.54, 1.807) is 19.1 Å². The Kier molecular flexibility index (Phi) is 4.32. The zero-order valence-corrected chi connectivity index (χ0v) is 11.9. The van der Waals surface area contributed by atoms with E-state index in [1.165, 1.54) is 14.2 Å². The van der Waals surface area contributed by atoms with Gasteiger partial charge in [-0.2, -0.15) is 0 Å². The van der Waals surface area contributed by atoms with Gasteiger partial charge in [0.05, 0.1) is 0 Å². The van der Waals surface area contributed by atoms with Crippen molar-refractivity contribution < 1.29 is 13.6 Å². The van der Waals surface area contributed by atoms with Gasteiger partial charge in [0, 0.05) is 18.7 Å². The second-order valence-corrected chi connectivity index (χ2v) is 7.09. The van der Waals surface area contributed by atoms with Crippen LogP contribution in [-0.2, 0) is 18.9 Å². The van der Waals surface area contributed by atoms with Crippen LogP contribution in [0.3, 0.4) is 0 Å². The molecule has 0 saturated heterocycles. The highest BCUT2D eigenvalue weighted by atomic mass is 79.9. The molecule has 1 rings (SSSR count). The minimum atomic E-state index is -3.36. The predicted octanol–water partition coefficient (Wildman–Crippen LogP) is 3.07. The van der Waals surface area contributed by atoms with Crippen LogP contribution >= 0.6 is 23.5 Å². The average Bonchev–Trinajstić information content (AvgIpc) is 2.28. The Hall–Kier alpha value is -0.190. The molecule has 0 heterocycles. The van der Waals surface area contributed by atoms with Crippen molar-refractivity contribution in [2.24, 2.45) is 5.73 Å². The van der Waals surface area contributed by atoms with Crippen molar-refractivity contribution in [1.29, 1.82) is 0 Å². The molecule has 0 aromatic heterocycles. The zero-order valence-electron chi connectivity index (χ0n) is 9.44. The lowest BCUT2D eigenvalue weighted by molar-refractivity contribution is 0.249. The van der Waals surface area contributed by atoms with Crippen molar-refractivity contribution in [1.82, 2.24) is 0 Å². The lowest BCUT2D eigenvalue weighted by Gasteiger charge is -2.31. The van der Waals surface area contributed by atoms with E-state index in [0.29, 0.717) is 5.56 Å². The molecule has 0 fully saturated rings. The van der Waals surface area contributed by atoms with Crippen molar-refractivity contribution >= 4 is 23.5 Å². The van der Waals surface area contributed by atoms with Gasteiger partial charge in [0.1, 0.15) is 5.28 Å². The SMILES string of the molecule is COP(=O)(OC)C(C)(N)c1ccc(Br)cc1. The van der Waals surface area contributed by atoms with Gasteiger partial charge in [0.2, 0.25) is 0 Å². The summed E-state index contributed by atoms with van der Waals surface area (Å²) in [6.07, 6.45) is 0. The fraction of sp³-hybridized carbons (Fsp3) is 0.400. The molecule has 0 amide bonds. The van der Waals surface area contributed by atoms with Gasteiger partial charge >= 0.3 is 7.60 Å². The van der Waals surface area contributed by atoms with E-state index in [9.17, 15) is 4.57 Å². The summed E-state index contributed by atoms with van der Waals surface area (Å²) in [5.74, 6) is 0. The summed E-state index contributed by atoms with van der Waals surface area (Å²) in [6.45, 7) is 1.63. The van der Waals surface area contributed by atoms with Crippen molar-refractivity contribution in [3.05, 3.63) is 34.3 Å². The van der Waals surface area contributed by atoms with Gasteiger partial charge in [0.25, 0.3) is 0 Å². The van der Waals surface area contributed by atoms with Crippen LogP contribution in [0.5, 0.6) is 0 Å². The molecule has 2 N–H and O–H groups in total. The summed E-state index contributed by atoms with van der Waals surface area (Å²) < 4.78 is 23.1. The Morgan fingerprint density at radius 3 is 2.06 bits per heavy atom. The zero-order chi connectivity index (χ0) is 12.4. The van der Waals surface area contributed by atoms with Gasteiger partial charge in [-0.1, -0.05) is 28.1 Å². The fourth-order valence-corrected chi connectivity index (χ4v) is 3.04. The van der Waals surface area contributed by atoms with Crippen LogP contribution in [0, 0.1) is 0 Å². The predicted molar refractivity (Wildman–Crippen MR) is 67.3 cm³/mol. The molecule has 1 aromatic rings. The van der Waals surface area contributed by atoms with Crippen molar-refractivity contribution in [2.45, 2.75) is 12.2 Å². The lowest BCUT2D eigenvalue weighted by atomic mass is 10.1. The average molecular weight is 308 g/mol. The Morgan fingerprint density at radius 1 is 1.25 bits per heavy atom. The Morgan fingerprint density at radius 2 is 1.69 bits per heavy atom. The van der Waals surface area contributed by atoms with E-state index in [4.69, 9.17) is 14.8 Å². The van der Waals surface area contributed by atoms with E-state index in [2.05, 4.69) is 15.9 Å². The molecule has 90 valence electrons. The maximum absolute atomic E-state index is 12.3. The molecule has 6 heteroatoms. The van der Waals surface area contributed by atoms with E-state index in [0.717, 1.165) is 4.47 Å². The summed E-state index contributed by atoms with van der Waals surface area (Å²) in [7, 11) is -0.703. The van der Waals surface area contributed by atoms with Crippen LogP contribution in [0.15, 0.2) is 28.7 Å². The van der Waals surface area contributed by atoms with Crippen molar-refractivity contribution in [2.75, 3.05) is 14.2 Å². The third kappa shape index (κ3) is 2.39. The number of hydrogen-bond acceptors (Lipinski definition) is 4. The molecule has 4 nitrogen and oxygen atoms in total. The number of nitrogens with two attached hydrogens (primary N) is 1. The van der Waals surface area contributed by atoms with Gasteiger partial charge in [0.15, 0.2) is 0 Å². The normalized spacial score (nSPS) is 15.8. The largest absolute Gasteiger partial charge is 0.354 e. The third-order valence-corrected chi connectivity index (χ3v) is 5.36. The first-order valence-electron chi connectivity index (χ1n) is 4.64. The molecule has 0 bridgehead atoms. The van der Waals surface area contributed by atoms with Crippen LogP contribution in [0.25, 0.3) is 0 Å². The maximum atomic E-state index is 12.3. The summed E-state index contributed by atoms with van der Waals surface area (Å²) >= 11 is 3.32. The molecule has 1 unspecified atom stereocenters. The highest BCUT2D eigenvalue weighted by Crippen LogP contribution is 2.60. The smallest absolute Gasteiger partial charge is 0.312 e. The molecule has 1 atom stereocenters. The summed E-state index contributed by atoms with van der Waals surface area (Å²) in [5, 5.41) is -1.17. The van der Waals surface area contributed by atoms with E-state index < -0.39 is 12.9 Å². The van der Waals surface area contributed by atoms with Crippen LogP contribution in [0.1, 0.15) is 12.5 Å². The molecule has 0 radical (unpaired) electrons. The standard InChI is InChI=1S/C10H15BrNO3P/c1-10(12,16(13,14-2)15-3)8-4-6-9(11)7-5-8/h4-7H,12H2,1-3H3. The highest BCUT2D eigenvalue weighted by molar-refractivity contribution is 9.10. The molecular weight excluding hydrogens is 293 g/mol. The minimum absolute atomic E-state index is 0.697. The molecule has 0 aliphatic carbocycles. The first kappa shape index (κ1) is 13.9. The van der Waals surface area contributed by atoms with Gasteiger partial charge in [-0.3, -0.25) is 4.57 Å². The van der Waals surface area contributed by atoms with Crippen LogP contribution in [0.2, 0.25) is 0 Å². The fourth-order valence-electron chi connectivity index (χ4n) is 1.40. The number of benzene rings is 1. The van der Waals surface area contributed by atoms with Crippen molar-refractivity contribution in [3.63, 3.8) is 0 Å².